The van der Waals surface area contributed by atoms with E-state index in [1.165, 1.54) is 10.4 Å². The van der Waals surface area contributed by atoms with E-state index in [4.69, 9.17) is 23.2 Å². The van der Waals surface area contributed by atoms with Crippen molar-refractivity contribution in [2.45, 2.75) is 32.4 Å². The lowest BCUT2D eigenvalue weighted by Crippen LogP contribution is -2.44. The van der Waals surface area contributed by atoms with Gasteiger partial charge in [-0.1, -0.05) is 23.2 Å². The highest BCUT2D eigenvalue weighted by Gasteiger charge is 2.29. The highest BCUT2D eigenvalue weighted by atomic mass is 35.5. The zero-order valence-electron chi connectivity index (χ0n) is 13.7. The van der Waals surface area contributed by atoms with Gasteiger partial charge in [0.15, 0.2) is 0 Å². The Labute approximate surface area is 156 Å². The molecule has 1 aromatic carbocycles. The van der Waals surface area contributed by atoms with Crippen molar-refractivity contribution in [1.82, 2.24) is 10.2 Å². The van der Waals surface area contributed by atoms with Crippen LogP contribution in [0.3, 0.4) is 0 Å². The molecule has 1 aromatic heterocycles. The number of fused-ring (bicyclic) bond motifs is 1. The third kappa shape index (κ3) is 3.62. The van der Waals surface area contributed by atoms with Crippen molar-refractivity contribution in [3.63, 3.8) is 0 Å². The smallest absolute Gasteiger partial charge is 0.251 e. The molecule has 24 heavy (non-hydrogen) atoms. The van der Waals surface area contributed by atoms with E-state index in [9.17, 15) is 4.79 Å². The highest BCUT2D eigenvalue weighted by molar-refractivity contribution is 7.10. The van der Waals surface area contributed by atoms with Gasteiger partial charge in [-0.2, -0.15) is 0 Å². The third-order valence-corrected chi connectivity index (χ3v) is 6.44. The van der Waals surface area contributed by atoms with E-state index in [0.717, 1.165) is 13.0 Å². The summed E-state index contributed by atoms with van der Waals surface area (Å²) in [6.07, 6.45) is 1.07. The van der Waals surface area contributed by atoms with E-state index in [2.05, 4.69) is 35.5 Å². The fourth-order valence-electron chi connectivity index (χ4n) is 3.30. The van der Waals surface area contributed by atoms with Crippen LogP contribution in [0.5, 0.6) is 0 Å². The standard InChI is InChI=1S/C18H20Cl2N2OS/c1-11-9-13-5-8-24-17(13)12(2)22(11)7-6-21-18(23)14-3-4-15(19)16(20)10-14/h3-5,8,10-12H,6-7,9H2,1-2H3,(H,21,23)/t11-,12+/m1/s1. The van der Waals surface area contributed by atoms with Gasteiger partial charge in [0, 0.05) is 35.6 Å². The Morgan fingerprint density at radius 3 is 2.83 bits per heavy atom. The highest BCUT2D eigenvalue weighted by Crippen LogP contribution is 2.35. The molecule has 2 aromatic rings. The SMILES string of the molecule is C[C@@H]1Cc2ccsc2[C@H](C)N1CCNC(=O)c1ccc(Cl)c(Cl)c1. The van der Waals surface area contributed by atoms with Crippen molar-refractivity contribution in [2.75, 3.05) is 13.1 Å². The van der Waals surface area contributed by atoms with E-state index in [0.29, 0.717) is 34.2 Å². The Morgan fingerprint density at radius 1 is 1.29 bits per heavy atom. The van der Waals surface area contributed by atoms with Crippen LogP contribution in [0.15, 0.2) is 29.6 Å². The van der Waals surface area contributed by atoms with Gasteiger partial charge < -0.3 is 5.32 Å². The second-order valence-electron chi connectivity index (χ2n) is 6.16. The van der Waals surface area contributed by atoms with Gasteiger partial charge in [0.25, 0.3) is 5.91 Å². The fraction of sp³-hybridized carbons (Fsp3) is 0.389. The molecule has 1 aliphatic rings. The van der Waals surface area contributed by atoms with Crippen LogP contribution < -0.4 is 5.32 Å². The van der Waals surface area contributed by atoms with Gasteiger partial charge in [-0.25, -0.2) is 0 Å². The molecule has 0 saturated carbocycles. The average Bonchev–Trinajstić information content (AvgIpc) is 3.01. The number of hydrogen-bond donors (Lipinski definition) is 1. The predicted molar refractivity (Wildman–Crippen MR) is 101 cm³/mol. The van der Waals surface area contributed by atoms with E-state index in [-0.39, 0.29) is 5.91 Å². The van der Waals surface area contributed by atoms with E-state index < -0.39 is 0 Å². The number of halogens is 2. The normalized spacial score (nSPS) is 20.7. The monoisotopic (exact) mass is 382 g/mol. The molecule has 1 N–H and O–H groups in total. The summed E-state index contributed by atoms with van der Waals surface area (Å²) in [5.41, 5.74) is 2.00. The Balaban J connectivity index is 1.58. The van der Waals surface area contributed by atoms with Crippen molar-refractivity contribution in [3.05, 3.63) is 55.7 Å². The number of carbonyl (C=O) groups is 1. The molecule has 0 fully saturated rings. The fourth-order valence-corrected chi connectivity index (χ4v) is 4.61. The van der Waals surface area contributed by atoms with Gasteiger partial charge in [-0.15, -0.1) is 11.3 Å². The molecule has 128 valence electrons. The van der Waals surface area contributed by atoms with Crippen LogP contribution >= 0.6 is 34.5 Å². The zero-order valence-corrected chi connectivity index (χ0v) is 16.0. The molecular formula is C18H20Cl2N2OS. The minimum atomic E-state index is -0.123. The average molecular weight is 383 g/mol. The molecule has 1 amide bonds. The summed E-state index contributed by atoms with van der Waals surface area (Å²) in [6, 6.07) is 8.04. The first-order valence-electron chi connectivity index (χ1n) is 8.02. The molecule has 0 unspecified atom stereocenters. The van der Waals surface area contributed by atoms with E-state index in [1.54, 1.807) is 18.2 Å². The van der Waals surface area contributed by atoms with Gasteiger partial charge in [0.2, 0.25) is 0 Å². The minimum absolute atomic E-state index is 0.123. The molecule has 3 rings (SSSR count). The van der Waals surface area contributed by atoms with Gasteiger partial charge >= 0.3 is 0 Å². The van der Waals surface area contributed by atoms with E-state index in [1.807, 2.05) is 11.3 Å². The Hall–Kier alpha value is -1.07. The van der Waals surface area contributed by atoms with Crippen LogP contribution in [0.4, 0.5) is 0 Å². The summed E-state index contributed by atoms with van der Waals surface area (Å²) in [7, 11) is 0. The van der Waals surface area contributed by atoms with Crippen molar-refractivity contribution in [3.8, 4) is 0 Å². The molecule has 0 bridgehead atoms. The molecule has 0 radical (unpaired) electrons. The number of amides is 1. The van der Waals surface area contributed by atoms with Gasteiger partial charge in [0.05, 0.1) is 10.0 Å². The molecule has 0 aliphatic carbocycles. The Kier molecular flexibility index (Phi) is 5.50. The van der Waals surface area contributed by atoms with Crippen molar-refractivity contribution in [2.24, 2.45) is 0 Å². The zero-order chi connectivity index (χ0) is 17.3. The van der Waals surface area contributed by atoms with Crippen LogP contribution in [-0.4, -0.2) is 29.9 Å². The van der Waals surface area contributed by atoms with Gasteiger partial charge in [0.1, 0.15) is 0 Å². The number of nitrogens with one attached hydrogen (secondary N) is 1. The molecule has 2 atom stereocenters. The largest absolute Gasteiger partial charge is 0.351 e. The lowest BCUT2D eigenvalue weighted by molar-refractivity contribution is 0.0930. The maximum atomic E-state index is 12.2. The van der Waals surface area contributed by atoms with E-state index >= 15 is 0 Å². The Bertz CT molecular complexity index is 746. The second kappa shape index (κ2) is 7.44. The number of carbonyl (C=O) groups excluding carboxylic acids is 1. The topological polar surface area (TPSA) is 32.3 Å². The lowest BCUT2D eigenvalue weighted by Gasteiger charge is -2.38. The molecule has 3 nitrogen and oxygen atoms in total. The van der Waals surface area contributed by atoms with Crippen LogP contribution in [0.2, 0.25) is 10.0 Å². The third-order valence-electron chi connectivity index (χ3n) is 4.58. The summed E-state index contributed by atoms with van der Waals surface area (Å²) >= 11 is 13.7. The molecule has 0 saturated heterocycles. The minimum Gasteiger partial charge on any atom is -0.351 e. The molecule has 0 spiro atoms. The number of hydrogen-bond acceptors (Lipinski definition) is 3. The van der Waals surface area contributed by atoms with Crippen LogP contribution in [-0.2, 0) is 6.42 Å². The molecule has 2 heterocycles. The van der Waals surface area contributed by atoms with Crippen LogP contribution in [0, 0.1) is 0 Å². The van der Waals surface area contributed by atoms with Crippen molar-refractivity contribution >= 4 is 40.4 Å². The second-order valence-corrected chi connectivity index (χ2v) is 7.92. The number of rotatable bonds is 4. The maximum Gasteiger partial charge on any atom is 0.251 e. The Morgan fingerprint density at radius 2 is 2.08 bits per heavy atom. The quantitative estimate of drug-likeness (QED) is 0.823. The van der Waals surface area contributed by atoms with Gasteiger partial charge in [-0.3, -0.25) is 9.69 Å². The van der Waals surface area contributed by atoms with Gasteiger partial charge in [-0.05, 0) is 55.5 Å². The van der Waals surface area contributed by atoms with Crippen molar-refractivity contribution < 1.29 is 4.79 Å². The summed E-state index contributed by atoms with van der Waals surface area (Å²) in [4.78, 5) is 16.1. The molecule has 1 aliphatic heterocycles. The molecular weight excluding hydrogens is 363 g/mol. The summed E-state index contributed by atoms with van der Waals surface area (Å²) in [6.45, 7) is 5.92. The van der Waals surface area contributed by atoms with Crippen LogP contribution in [0.1, 0.15) is 40.7 Å². The summed E-state index contributed by atoms with van der Waals surface area (Å²) < 4.78 is 0. The first-order valence-corrected chi connectivity index (χ1v) is 9.66. The maximum absolute atomic E-state index is 12.2. The predicted octanol–water partition coefficient (Wildman–Crippen LogP) is 4.79. The number of thiophene rings is 1. The first kappa shape index (κ1) is 17.7. The van der Waals surface area contributed by atoms with Crippen molar-refractivity contribution in [1.29, 1.82) is 0 Å². The van der Waals surface area contributed by atoms with Crippen LogP contribution in [0.25, 0.3) is 0 Å². The first-order chi connectivity index (χ1) is 11.5. The number of nitrogens with zero attached hydrogens (tertiary/aromatic N) is 1. The number of benzene rings is 1. The lowest BCUT2D eigenvalue weighted by atomic mass is 9.97. The summed E-state index contributed by atoms with van der Waals surface area (Å²) in [5, 5.41) is 5.99. The summed E-state index contributed by atoms with van der Waals surface area (Å²) in [5.74, 6) is -0.123. The molecule has 6 heteroatoms.